The first-order valence-electron chi connectivity index (χ1n) is 10.2. The number of nitrogens with one attached hydrogen (secondary N) is 1. The zero-order valence-electron chi connectivity index (χ0n) is 17.6. The summed E-state index contributed by atoms with van der Waals surface area (Å²) in [5, 5.41) is 16.2. The van der Waals surface area contributed by atoms with Crippen LogP contribution in [-0.4, -0.2) is 62.8 Å². The minimum atomic E-state index is -4.43. The molecular formula is C20H19F3N8O2S. The van der Waals surface area contributed by atoms with Crippen molar-refractivity contribution in [2.75, 3.05) is 18.4 Å². The van der Waals surface area contributed by atoms with E-state index in [1.54, 1.807) is 12.1 Å². The molecule has 4 rings (SSSR count). The molecule has 1 aliphatic heterocycles. The topological polar surface area (TPSA) is 130 Å². The van der Waals surface area contributed by atoms with E-state index < -0.39 is 22.7 Å². The van der Waals surface area contributed by atoms with Crippen LogP contribution in [0.25, 0.3) is 11.3 Å². The van der Waals surface area contributed by atoms with E-state index in [-0.39, 0.29) is 46.9 Å². The number of aromatic nitrogens is 5. The van der Waals surface area contributed by atoms with E-state index in [2.05, 4.69) is 25.4 Å². The first kappa shape index (κ1) is 23.6. The molecule has 10 nitrogen and oxygen atoms in total. The molecule has 0 radical (unpaired) electrons. The van der Waals surface area contributed by atoms with Gasteiger partial charge in [-0.2, -0.15) is 27.8 Å². The van der Waals surface area contributed by atoms with Crippen LogP contribution in [0.1, 0.15) is 18.4 Å². The maximum Gasteiger partial charge on any atom is 0.408 e. The van der Waals surface area contributed by atoms with Crippen molar-refractivity contribution in [2.45, 2.75) is 36.6 Å². The van der Waals surface area contributed by atoms with Crippen LogP contribution in [0.3, 0.4) is 0 Å². The van der Waals surface area contributed by atoms with E-state index in [4.69, 9.17) is 0 Å². The molecule has 0 bridgehead atoms. The lowest BCUT2D eigenvalue weighted by atomic mass is 10.1. The Balaban J connectivity index is 1.45. The third-order valence-corrected chi connectivity index (χ3v) is 7.00. The van der Waals surface area contributed by atoms with Gasteiger partial charge >= 0.3 is 6.18 Å². The van der Waals surface area contributed by atoms with Gasteiger partial charge < -0.3 is 5.32 Å². The van der Waals surface area contributed by atoms with Crippen molar-refractivity contribution in [3.05, 3.63) is 48.5 Å². The number of sulfonamides is 1. The minimum absolute atomic E-state index is 0.00690. The molecule has 0 saturated carbocycles. The number of hydrogen-bond donors (Lipinski definition) is 1. The predicted octanol–water partition coefficient (Wildman–Crippen LogP) is 2.43. The standard InChI is InChI=1S/C20H19F3N8O2S/c21-20(22,23)13-30-12-15(11-27-30)18-14(9-24)10-26-19(29-18)28-16-4-7-31(8-5-16)34(32,33)17-3-1-2-6-25-17/h1-3,6,10-12,16H,4-5,7-8,13H2,(H,26,28,29). The number of nitriles is 1. The number of alkyl halides is 3. The van der Waals surface area contributed by atoms with E-state index in [1.807, 2.05) is 6.07 Å². The molecule has 0 amide bonds. The summed E-state index contributed by atoms with van der Waals surface area (Å²) in [5.41, 5.74) is 0.500. The van der Waals surface area contributed by atoms with Crippen LogP contribution in [0.4, 0.5) is 19.1 Å². The molecule has 0 aromatic carbocycles. The van der Waals surface area contributed by atoms with Crippen molar-refractivity contribution >= 4 is 16.0 Å². The first-order valence-corrected chi connectivity index (χ1v) is 11.6. The Morgan fingerprint density at radius 3 is 2.59 bits per heavy atom. The molecule has 3 aromatic rings. The SMILES string of the molecule is N#Cc1cnc(NC2CCN(S(=O)(=O)c3ccccn3)CC2)nc1-c1cnn(CC(F)(F)F)c1. The summed E-state index contributed by atoms with van der Waals surface area (Å²) < 4.78 is 65.4. The second kappa shape index (κ2) is 9.35. The Morgan fingerprint density at radius 1 is 1.18 bits per heavy atom. The second-order valence-electron chi connectivity index (χ2n) is 7.60. The fraction of sp³-hybridized carbons (Fsp3) is 0.350. The summed E-state index contributed by atoms with van der Waals surface area (Å²) in [7, 11) is -3.68. The molecule has 0 spiro atoms. The molecule has 1 N–H and O–H groups in total. The smallest absolute Gasteiger partial charge is 0.351 e. The van der Waals surface area contributed by atoms with E-state index >= 15 is 0 Å². The molecule has 1 aliphatic rings. The van der Waals surface area contributed by atoms with Gasteiger partial charge in [-0.1, -0.05) is 6.07 Å². The summed E-state index contributed by atoms with van der Waals surface area (Å²) in [6.45, 7) is -0.723. The lowest BCUT2D eigenvalue weighted by molar-refractivity contribution is -0.142. The van der Waals surface area contributed by atoms with Gasteiger partial charge in [0.05, 0.1) is 23.7 Å². The third kappa shape index (κ3) is 5.32. The third-order valence-electron chi connectivity index (χ3n) is 5.19. The van der Waals surface area contributed by atoms with Crippen molar-refractivity contribution in [3.63, 3.8) is 0 Å². The Bertz CT molecular complexity index is 1300. The van der Waals surface area contributed by atoms with Gasteiger partial charge in [-0.05, 0) is 25.0 Å². The van der Waals surface area contributed by atoms with Crippen LogP contribution < -0.4 is 5.32 Å². The summed E-state index contributed by atoms with van der Waals surface area (Å²) in [5.74, 6) is 0.184. The number of anilines is 1. The highest BCUT2D eigenvalue weighted by Gasteiger charge is 2.31. The van der Waals surface area contributed by atoms with Gasteiger partial charge in [-0.3, -0.25) is 4.68 Å². The van der Waals surface area contributed by atoms with Crippen molar-refractivity contribution in [3.8, 4) is 17.3 Å². The highest BCUT2D eigenvalue weighted by Crippen LogP contribution is 2.25. The Hall–Kier alpha value is -3.57. The van der Waals surface area contributed by atoms with Crippen LogP contribution in [0.2, 0.25) is 0 Å². The average Bonchev–Trinajstić information content (AvgIpc) is 3.26. The zero-order chi connectivity index (χ0) is 24.3. The van der Waals surface area contributed by atoms with E-state index in [0.717, 1.165) is 4.68 Å². The van der Waals surface area contributed by atoms with E-state index in [0.29, 0.717) is 12.8 Å². The number of halogens is 3. The first-order chi connectivity index (χ1) is 16.2. The van der Waals surface area contributed by atoms with Crippen molar-refractivity contribution in [1.82, 2.24) is 29.0 Å². The summed E-state index contributed by atoms with van der Waals surface area (Å²) >= 11 is 0. The number of nitrogens with zero attached hydrogens (tertiary/aromatic N) is 7. The molecule has 0 unspecified atom stereocenters. The van der Waals surface area contributed by atoms with Crippen LogP contribution in [0.5, 0.6) is 0 Å². The fourth-order valence-electron chi connectivity index (χ4n) is 3.56. The van der Waals surface area contributed by atoms with Gasteiger partial charge in [0.25, 0.3) is 10.0 Å². The molecule has 1 saturated heterocycles. The summed E-state index contributed by atoms with van der Waals surface area (Å²) in [6.07, 6.45) is 1.61. The molecule has 0 atom stereocenters. The van der Waals surface area contributed by atoms with Crippen molar-refractivity contribution < 1.29 is 21.6 Å². The van der Waals surface area contributed by atoms with Gasteiger partial charge in [0.1, 0.15) is 12.6 Å². The number of piperidine rings is 1. The van der Waals surface area contributed by atoms with Crippen LogP contribution in [-0.2, 0) is 16.6 Å². The molecule has 4 heterocycles. The number of pyridine rings is 1. The quantitative estimate of drug-likeness (QED) is 0.555. The number of rotatable bonds is 6. The molecule has 14 heteroatoms. The van der Waals surface area contributed by atoms with Crippen LogP contribution >= 0.6 is 0 Å². The van der Waals surface area contributed by atoms with E-state index in [9.17, 15) is 26.9 Å². The predicted molar refractivity (Wildman–Crippen MR) is 114 cm³/mol. The van der Waals surface area contributed by atoms with Gasteiger partial charge in [0.2, 0.25) is 5.95 Å². The van der Waals surface area contributed by atoms with Gasteiger partial charge in [-0.25, -0.2) is 23.4 Å². The number of hydrogen-bond acceptors (Lipinski definition) is 8. The Labute approximate surface area is 193 Å². The van der Waals surface area contributed by atoms with Crippen molar-refractivity contribution in [2.24, 2.45) is 0 Å². The summed E-state index contributed by atoms with van der Waals surface area (Å²) in [6, 6.07) is 6.49. The maximum atomic E-state index is 12.7. The zero-order valence-corrected chi connectivity index (χ0v) is 18.5. The highest BCUT2D eigenvalue weighted by atomic mass is 32.2. The molecule has 34 heavy (non-hydrogen) atoms. The second-order valence-corrected chi connectivity index (χ2v) is 9.48. The fourth-order valence-corrected chi connectivity index (χ4v) is 4.96. The van der Waals surface area contributed by atoms with Crippen LogP contribution in [0, 0.1) is 11.3 Å². The van der Waals surface area contributed by atoms with Gasteiger partial charge in [0.15, 0.2) is 5.03 Å². The molecule has 0 aliphatic carbocycles. The van der Waals surface area contributed by atoms with Gasteiger partial charge in [0, 0.05) is 37.1 Å². The summed E-state index contributed by atoms with van der Waals surface area (Å²) in [4.78, 5) is 12.4. The lowest BCUT2D eigenvalue weighted by Crippen LogP contribution is -2.42. The van der Waals surface area contributed by atoms with Crippen LogP contribution in [0.15, 0.2) is 48.0 Å². The monoisotopic (exact) mass is 492 g/mol. The molecule has 178 valence electrons. The largest absolute Gasteiger partial charge is 0.408 e. The Morgan fingerprint density at radius 2 is 1.94 bits per heavy atom. The highest BCUT2D eigenvalue weighted by molar-refractivity contribution is 7.89. The van der Waals surface area contributed by atoms with Gasteiger partial charge in [-0.15, -0.1) is 0 Å². The maximum absolute atomic E-state index is 12.7. The van der Waals surface area contributed by atoms with Crippen molar-refractivity contribution in [1.29, 1.82) is 5.26 Å². The van der Waals surface area contributed by atoms with E-state index in [1.165, 1.54) is 35.2 Å². The average molecular weight is 492 g/mol. The lowest BCUT2D eigenvalue weighted by Gasteiger charge is -2.31. The molecular weight excluding hydrogens is 473 g/mol. The normalized spacial score (nSPS) is 15.7. The molecule has 1 fully saturated rings. The molecule has 3 aromatic heterocycles. The Kier molecular flexibility index (Phi) is 6.49. The minimum Gasteiger partial charge on any atom is -0.351 e.